The number of carbonyl (C=O) groups excluding carboxylic acids is 1. The molecule has 0 rings (SSSR count). The van der Waals surface area contributed by atoms with Crippen LogP contribution in [0.3, 0.4) is 0 Å². The van der Waals surface area contributed by atoms with Crippen LogP contribution in [0.2, 0.25) is 0 Å². The second-order valence-electron chi connectivity index (χ2n) is 2.79. The molecule has 3 N–H and O–H groups in total. The maximum absolute atomic E-state index is 11.9. The number of hydrazine groups is 1. The summed E-state index contributed by atoms with van der Waals surface area (Å²) < 4.78 is 35.7. The van der Waals surface area contributed by atoms with Gasteiger partial charge >= 0.3 is 12.2 Å². The molecule has 0 bridgehead atoms. The predicted octanol–water partition coefficient (Wildman–Crippen LogP) is 0.842. The Morgan fingerprint density at radius 2 is 2.00 bits per heavy atom. The van der Waals surface area contributed by atoms with E-state index in [0.29, 0.717) is 4.90 Å². The Bertz CT molecular complexity index is 180. The van der Waals surface area contributed by atoms with Gasteiger partial charge in [0, 0.05) is 6.04 Å². The van der Waals surface area contributed by atoms with E-state index < -0.39 is 24.8 Å². The summed E-state index contributed by atoms with van der Waals surface area (Å²) in [6.45, 7) is 1.65. The van der Waals surface area contributed by atoms with E-state index in [-0.39, 0.29) is 0 Å². The third kappa shape index (κ3) is 4.56. The Balaban J connectivity index is 4.36. The van der Waals surface area contributed by atoms with E-state index >= 15 is 0 Å². The van der Waals surface area contributed by atoms with E-state index in [1.165, 1.54) is 13.8 Å². The van der Waals surface area contributed by atoms with E-state index in [0.717, 1.165) is 0 Å². The molecule has 0 radical (unpaired) electrons. The van der Waals surface area contributed by atoms with Crippen LogP contribution in [0.25, 0.3) is 0 Å². The highest BCUT2D eigenvalue weighted by molar-refractivity contribution is 5.73. The lowest BCUT2D eigenvalue weighted by molar-refractivity contribution is -0.142. The van der Waals surface area contributed by atoms with Crippen LogP contribution in [-0.4, -0.2) is 29.7 Å². The quantitative estimate of drug-likeness (QED) is 0.393. The van der Waals surface area contributed by atoms with Crippen molar-refractivity contribution in [3.63, 3.8) is 0 Å². The molecule has 0 spiro atoms. The Labute approximate surface area is 73.8 Å². The van der Waals surface area contributed by atoms with Crippen molar-refractivity contribution < 1.29 is 18.0 Å². The number of nitrogens with two attached hydrogens (primary N) is 1. The summed E-state index contributed by atoms with van der Waals surface area (Å²) in [5.41, 5.74) is 1.66. The van der Waals surface area contributed by atoms with Crippen LogP contribution in [0, 0.1) is 0 Å². The van der Waals surface area contributed by atoms with Gasteiger partial charge < -0.3 is 4.90 Å². The molecule has 0 unspecified atom stereocenters. The normalized spacial score (nSPS) is 11.6. The second-order valence-corrected chi connectivity index (χ2v) is 2.79. The molecule has 0 aromatic carbocycles. The molecule has 0 fully saturated rings. The summed E-state index contributed by atoms with van der Waals surface area (Å²) in [6, 6.07) is -1.49. The fourth-order valence-corrected chi connectivity index (χ4v) is 0.765. The fourth-order valence-electron chi connectivity index (χ4n) is 0.765. The Kier molecular flexibility index (Phi) is 3.99. The molecule has 0 aliphatic heterocycles. The monoisotopic (exact) mass is 199 g/mol. The van der Waals surface area contributed by atoms with Crippen LogP contribution >= 0.6 is 0 Å². The molecule has 0 atom stereocenters. The lowest BCUT2D eigenvalue weighted by Gasteiger charge is -2.26. The first-order valence-corrected chi connectivity index (χ1v) is 3.62. The van der Waals surface area contributed by atoms with Crippen LogP contribution in [0.1, 0.15) is 13.8 Å². The molecule has 0 heterocycles. The standard InChI is InChI=1S/C6H12F3N3O/c1-4(2)12(5(13)11-10)3-6(7,8)9/h4H,3,10H2,1-2H3,(H,11,13). The third-order valence-corrected chi connectivity index (χ3v) is 1.36. The van der Waals surface area contributed by atoms with E-state index in [4.69, 9.17) is 5.84 Å². The minimum absolute atomic E-state index is 0.551. The summed E-state index contributed by atoms with van der Waals surface area (Å²) in [5.74, 6) is 4.72. The van der Waals surface area contributed by atoms with Gasteiger partial charge in [0.1, 0.15) is 6.54 Å². The van der Waals surface area contributed by atoms with E-state index in [1.807, 2.05) is 0 Å². The van der Waals surface area contributed by atoms with Crippen molar-refractivity contribution in [3.05, 3.63) is 0 Å². The van der Waals surface area contributed by atoms with Gasteiger partial charge in [-0.3, -0.25) is 5.43 Å². The summed E-state index contributed by atoms with van der Waals surface area (Å²) in [6.07, 6.45) is -4.41. The summed E-state index contributed by atoms with van der Waals surface area (Å²) in [7, 11) is 0. The second kappa shape index (κ2) is 4.31. The summed E-state index contributed by atoms with van der Waals surface area (Å²) in [5, 5.41) is 0. The van der Waals surface area contributed by atoms with Crippen molar-refractivity contribution in [2.24, 2.45) is 5.84 Å². The van der Waals surface area contributed by atoms with Crippen LogP contribution in [0.4, 0.5) is 18.0 Å². The number of hydrogen-bond acceptors (Lipinski definition) is 2. The highest BCUT2D eigenvalue weighted by Gasteiger charge is 2.33. The van der Waals surface area contributed by atoms with Gasteiger partial charge in [-0.15, -0.1) is 0 Å². The fraction of sp³-hybridized carbons (Fsp3) is 0.833. The van der Waals surface area contributed by atoms with Crippen molar-refractivity contribution in [1.82, 2.24) is 10.3 Å². The molecular formula is C6H12F3N3O. The zero-order chi connectivity index (χ0) is 10.6. The molecule has 2 amide bonds. The molecule has 0 saturated heterocycles. The van der Waals surface area contributed by atoms with Crippen molar-refractivity contribution in [3.8, 4) is 0 Å². The first-order chi connectivity index (χ1) is 5.78. The zero-order valence-electron chi connectivity index (χ0n) is 7.35. The molecular weight excluding hydrogens is 187 g/mol. The highest BCUT2D eigenvalue weighted by atomic mass is 19.4. The Morgan fingerprint density at radius 3 is 2.23 bits per heavy atom. The maximum Gasteiger partial charge on any atom is 0.406 e. The van der Waals surface area contributed by atoms with Gasteiger partial charge in [0.25, 0.3) is 0 Å². The number of hydrogen-bond donors (Lipinski definition) is 2. The topological polar surface area (TPSA) is 58.4 Å². The largest absolute Gasteiger partial charge is 0.406 e. The molecule has 0 aromatic heterocycles. The van der Waals surface area contributed by atoms with Crippen LogP contribution in [0.15, 0.2) is 0 Å². The lowest BCUT2D eigenvalue weighted by atomic mass is 10.3. The molecule has 4 nitrogen and oxygen atoms in total. The number of nitrogens with one attached hydrogen (secondary N) is 1. The molecule has 0 aromatic rings. The van der Waals surface area contributed by atoms with E-state index in [2.05, 4.69) is 0 Å². The van der Waals surface area contributed by atoms with Crippen LogP contribution < -0.4 is 11.3 Å². The summed E-state index contributed by atoms with van der Waals surface area (Å²) in [4.78, 5) is 11.4. The Morgan fingerprint density at radius 1 is 1.54 bits per heavy atom. The number of carbonyl (C=O) groups is 1. The number of alkyl halides is 3. The van der Waals surface area contributed by atoms with E-state index in [1.54, 1.807) is 5.43 Å². The molecule has 7 heteroatoms. The minimum Gasteiger partial charge on any atom is -0.312 e. The number of amides is 2. The Hall–Kier alpha value is -0.980. The molecule has 0 saturated carbocycles. The molecule has 0 aliphatic rings. The van der Waals surface area contributed by atoms with Crippen molar-refractivity contribution >= 4 is 6.03 Å². The van der Waals surface area contributed by atoms with Gasteiger partial charge in [0.2, 0.25) is 0 Å². The van der Waals surface area contributed by atoms with Crippen LogP contribution in [0.5, 0.6) is 0 Å². The number of urea groups is 1. The summed E-state index contributed by atoms with van der Waals surface area (Å²) >= 11 is 0. The first-order valence-electron chi connectivity index (χ1n) is 3.62. The smallest absolute Gasteiger partial charge is 0.312 e. The average Bonchev–Trinajstić information content (AvgIpc) is 1.96. The molecule has 13 heavy (non-hydrogen) atoms. The molecule has 0 aliphatic carbocycles. The zero-order valence-corrected chi connectivity index (χ0v) is 7.35. The van der Waals surface area contributed by atoms with Gasteiger partial charge in [0.05, 0.1) is 0 Å². The minimum atomic E-state index is -4.41. The molecule has 78 valence electrons. The number of halogens is 3. The van der Waals surface area contributed by atoms with Gasteiger partial charge in [0.15, 0.2) is 0 Å². The predicted molar refractivity (Wildman–Crippen MR) is 40.6 cm³/mol. The third-order valence-electron chi connectivity index (χ3n) is 1.36. The van der Waals surface area contributed by atoms with Gasteiger partial charge in [-0.05, 0) is 13.8 Å². The van der Waals surface area contributed by atoms with E-state index in [9.17, 15) is 18.0 Å². The highest BCUT2D eigenvalue weighted by Crippen LogP contribution is 2.17. The maximum atomic E-state index is 11.9. The lowest BCUT2D eigenvalue weighted by Crippen LogP contribution is -2.50. The van der Waals surface area contributed by atoms with Crippen molar-refractivity contribution in [2.45, 2.75) is 26.1 Å². The van der Waals surface area contributed by atoms with Crippen molar-refractivity contribution in [2.75, 3.05) is 6.54 Å². The first kappa shape index (κ1) is 12.0. The van der Waals surface area contributed by atoms with Gasteiger partial charge in [-0.1, -0.05) is 0 Å². The number of nitrogens with zero attached hydrogens (tertiary/aromatic N) is 1. The van der Waals surface area contributed by atoms with Crippen LogP contribution in [-0.2, 0) is 0 Å². The van der Waals surface area contributed by atoms with Gasteiger partial charge in [-0.25, -0.2) is 10.6 Å². The SMILES string of the molecule is CC(C)N(CC(F)(F)F)C(=O)NN. The van der Waals surface area contributed by atoms with Gasteiger partial charge in [-0.2, -0.15) is 13.2 Å². The number of rotatable bonds is 2. The van der Waals surface area contributed by atoms with Crippen molar-refractivity contribution in [1.29, 1.82) is 0 Å². The average molecular weight is 199 g/mol.